The lowest BCUT2D eigenvalue weighted by Crippen LogP contribution is -2.61. The Hall–Kier alpha value is -3.20. The van der Waals surface area contributed by atoms with Crippen LogP contribution in [0.2, 0.25) is 0 Å². The van der Waals surface area contributed by atoms with E-state index in [0.29, 0.717) is 4.90 Å². The van der Waals surface area contributed by atoms with Crippen molar-refractivity contribution in [2.45, 2.75) is 56.1 Å². The second-order valence-electron chi connectivity index (χ2n) is 7.74. The molecule has 2 heterocycles. The number of amides is 2. The predicted octanol–water partition coefficient (Wildman–Crippen LogP) is 3.44. The standard InChI is InChI=1S/C20H18ClF6N5O4/c1-19(10-6-28-9-29-7-10,17(34)31-11-4-13(5-11)35-18(23)24)32(16(33)15(21)22)12-2-3-14(30-8-12)36-20(25,26)27/h2-3,6-9,11,13,15,18H,4-5H2,1H3,(H,31,34)/t11?,13?,15-,19+/m0/s1. The van der Waals surface area contributed by atoms with Gasteiger partial charge < -0.3 is 14.8 Å². The molecule has 1 fully saturated rings. The number of hydrogen-bond donors (Lipinski definition) is 1. The quantitative estimate of drug-likeness (QED) is 0.383. The second-order valence-corrected chi connectivity index (χ2v) is 8.12. The summed E-state index contributed by atoms with van der Waals surface area (Å²) in [6.07, 6.45) is -1.58. The van der Waals surface area contributed by atoms with Gasteiger partial charge in [0.25, 0.3) is 17.4 Å². The summed E-state index contributed by atoms with van der Waals surface area (Å²) in [4.78, 5) is 38.0. The summed E-state index contributed by atoms with van der Waals surface area (Å²) in [6, 6.07) is 1.07. The molecule has 0 aromatic carbocycles. The fourth-order valence-electron chi connectivity index (χ4n) is 3.57. The highest BCUT2D eigenvalue weighted by Gasteiger charge is 2.49. The lowest BCUT2D eigenvalue weighted by atomic mass is 9.85. The Labute approximate surface area is 204 Å². The van der Waals surface area contributed by atoms with Gasteiger partial charge in [0.05, 0.1) is 18.0 Å². The largest absolute Gasteiger partial charge is 0.574 e. The van der Waals surface area contributed by atoms with Gasteiger partial charge in [0.2, 0.25) is 5.88 Å². The first-order valence-corrected chi connectivity index (χ1v) is 10.6. The number of carbonyl (C=O) groups excluding carboxylic acids is 2. The topological polar surface area (TPSA) is 107 Å². The molecule has 0 aliphatic heterocycles. The van der Waals surface area contributed by atoms with Crippen molar-refractivity contribution >= 4 is 29.1 Å². The van der Waals surface area contributed by atoms with Crippen molar-refractivity contribution in [2.75, 3.05) is 4.90 Å². The summed E-state index contributed by atoms with van der Waals surface area (Å²) in [7, 11) is 0. The highest BCUT2D eigenvalue weighted by molar-refractivity contribution is 6.32. The van der Waals surface area contributed by atoms with Gasteiger partial charge in [-0.3, -0.25) is 14.5 Å². The third kappa shape index (κ3) is 6.32. The molecule has 36 heavy (non-hydrogen) atoms. The average molecular weight is 542 g/mol. The molecule has 0 spiro atoms. The van der Waals surface area contributed by atoms with Gasteiger partial charge in [-0.1, -0.05) is 11.6 Å². The van der Waals surface area contributed by atoms with Gasteiger partial charge in [-0.25, -0.2) is 19.3 Å². The van der Waals surface area contributed by atoms with E-state index in [-0.39, 0.29) is 24.1 Å². The number of alkyl halides is 7. The lowest BCUT2D eigenvalue weighted by Gasteiger charge is -2.42. The molecule has 16 heteroatoms. The molecule has 0 radical (unpaired) electrons. The summed E-state index contributed by atoms with van der Waals surface area (Å²) >= 11 is 5.40. The molecule has 196 valence electrons. The van der Waals surface area contributed by atoms with Crippen LogP contribution in [0.1, 0.15) is 25.3 Å². The van der Waals surface area contributed by atoms with Gasteiger partial charge in [0, 0.05) is 30.1 Å². The fraction of sp³-hybridized carbons (Fsp3) is 0.450. The molecule has 2 aromatic rings. The molecule has 2 atom stereocenters. The van der Waals surface area contributed by atoms with E-state index in [4.69, 9.17) is 11.6 Å². The minimum atomic E-state index is -5.05. The summed E-state index contributed by atoms with van der Waals surface area (Å²) < 4.78 is 84.4. The molecule has 1 aliphatic rings. The number of ether oxygens (including phenoxy) is 2. The van der Waals surface area contributed by atoms with Crippen LogP contribution >= 0.6 is 11.6 Å². The summed E-state index contributed by atoms with van der Waals surface area (Å²) in [5, 5.41) is 2.57. The highest BCUT2D eigenvalue weighted by Crippen LogP contribution is 2.36. The molecule has 0 saturated heterocycles. The van der Waals surface area contributed by atoms with Gasteiger partial charge in [-0.2, -0.15) is 8.78 Å². The van der Waals surface area contributed by atoms with E-state index in [9.17, 15) is 35.9 Å². The molecule has 3 rings (SSSR count). The third-order valence-electron chi connectivity index (χ3n) is 5.34. The first-order chi connectivity index (χ1) is 16.8. The predicted molar refractivity (Wildman–Crippen MR) is 111 cm³/mol. The Bertz CT molecular complexity index is 1060. The van der Waals surface area contributed by atoms with Crippen LogP contribution in [0.15, 0.2) is 37.1 Å². The smallest absolute Gasteiger partial charge is 0.388 e. The Morgan fingerprint density at radius 1 is 1.14 bits per heavy atom. The number of carbonyl (C=O) groups is 2. The maximum absolute atomic E-state index is 14.1. The molecule has 2 amide bonds. The maximum atomic E-state index is 14.1. The normalized spacial score (nSPS) is 20.1. The monoisotopic (exact) mass is 541 g/mol. The number of nitrogens with zero attached hydrogens (tertiary/aromatic N) is 4. The zero-order chi connectivity index (χ0) is 26.7. The van der Waals surface area contributed by atoms with Crippen LogP contribution in [0.4, 0.5) is 32.0 Å². The SMILES string of the molecule is C[C@](C(=O)NC1CC(OC(F)F)C1)(c1cncnc1)N(C(=O)[C@H](F)Cl)c1ccc(OC(F)(F)F)nc1. The molecule has 1 N–H and O–H groups in total. The van der Waals surface area contributed by atoms with Crippen molar-refractivity contribution in [3.05, 3.63) is 42.6 Å². The van der Waals surface area contributed by atoms with E-state index in [1.165, 1.54) is 6.92 Å². The number of aromatic nitrogens is 3. The first-order valence-electron chi connectivity index (χ1n) is 10.2. The third-order valence-corrected chi connectivity index (χ3v) is 5.53. The van der Waals surface area contributed by atoms with Crippen LogP contribution in [0.5, 0.6) is 5.88 Å². The van der Waals surface area contributed by atoms with E-state index in [2.05, 4.69) is 29.7 Å². The minimum Gasteiger partial charge on any atom is -0.388 e. The van der Waals surface area contributed by atoms with Crippen LogP contribution in [0.3, 0.4) is 0 Å². The molecular weight excluding hydrogens is 524 g/mol. The number of halogens is 7. The first kappa shape index (κ1) is 27.4. The van der Waals surface area contributed by atoms with Crippen molar-refractivity contribution in [1.29, 1.82) is 0 Å². The molecule has 0 unspecified atom stereocenters. The summed E-state index contributed by atoms with van der Waals surface area (Å²) in [6.45, 7) is -1.79. The van der Waals surface area contributed by atoms with Gasteiger partial charge in [0.15, 0.2) is 5.54 Å². The maximum Gasteiger partial charge on any atom is 0.574 e. The molecular formula is C20H18ClF6N5O4. The lowest BCUT2D eigenvalue weighted by molar-refractivity contribution is -0.276. The Morgan fingerprint density at radius 2 is 1.78 bits per heavy atom. The van der Waals surface area contributed by atoms with Crippen molar-refractivity contribution in [3.8, 4) is 5.88 Å². The van der Waals surface area contributed by atoms with Crippen molar-refractivity contribution in [3.63, 3.8) is 0 Å². The van der Waals surface area contributed by atoms with Gasteiger partial charge >= 0.3 is 13.0 Å². The number of hydrogen-bond acceptors (Lipinski definition) is 7. The van der Waals surface area contributed by atoms with Crippen LogP contribution in [-0.4, -0.2) is 57.5 Å². The highest BCUT2D eigenvalue weighted by atomic mass is 35.5. The summed E-state index contributed by atoms with van der Waals surface area (Å²) in [5.41, 5.74) is -5.11. The molecule has 2 aromatic heterocycles. The summed E-state index contributed by atoms with van der Waals surface area (Å²) in [5.74, 6) is -3.23. The average Bonchev–Trinajstić information content (AvgIpc) is 2.77. The van der Waals surface area contributed by atoms with Crippen LogP contribution < -0.4 is 15.0 Å². The van der Waals surface area contributed by atoms with Crippen LogP contribution in [-0.2, 0) is 19.9 Å². The molecule has 9 nitrogen and oxygen atoms in total. The molecule has 1 saturated carbocycles. The van der Waals surface area contributed by atoms with E-state index >= 15 is 0 Å². The number of anilines is 1. The van der Waals surface area contributed by atoms with Gasteiger partial charge in [0.1, 0.15) is 6.33 Å². The fourth-order valence-corrected chi connectivity index (χ4v) is 3.66. The van der Waals surface area contributed by atoms with Crippen LogP contribution in [0, 0.1) is 0 Å². The number of rotatable bonds is 9. The molecule has 0 bridgehead atoms. The van der Waals surface area contributed by atoms with E-state index in [1.807, 2.05) is 0 Å². The zero-order valence-electron chi connectivity index (χ0n) is 18.3. The minimum absolute atomic E-state index is 0.0245. The van der Waals surface area contributed by atoms with Gasteiger partial charge in [-0.15, -0.1) is 13.2 Å². The molecule has 1 aliphatic carbocycles. The Balaban J connectivity index is 1.99. The van der Waals surface area contributed by atoms with E-state index in [1.54, 1.807) is 0 Å². The number of pyridine rings is 1. The number of nitrogens with one attached hydrogen (secondary N) is 1. The van der Waals surface area contributed by atoms with Crippen molar-refractivity contribution in [1.82, 2.24) is 20.3 Å². The van der Waals surface area contributed by atoms with Crippen molar-refractivity contribution in [2.24, 2.45) is 0 Å². The zero-order valence-corrected chi connectivity index (χ0v) is 19.0. The Morgan fingerprint density at radius 3 is 2.28 bits per heavy atom. The second kappa shape index (κ2) is 10.8. The van der Waals surface area contributed by atoms with E-state index in [0.717, 1.165) is 37.1 Å². The Kier molecular flexibility index (Phi) is 8.23. The van der Waals surface area contributed by atoms with Gasteiger partial charge in [-0.05, 0) is 25.8 Å². The van der Waals surface area contributed by atoms with E-state index < -0.39 is 54.0 Å². The van der Waals surface area contributed by atoms with Crippen molar-refractivity contribution < 1.29 is 45.4 Å². The van der Waals surface area contributed by atoms with Crippen LogP contribution in [0.25, 0.3) is 0 Å².